The molecular formula is C18H21N3O2S. The van der Waals surface area contributed by atoms with Crippen LogP contribution in [0, 0.1) is 5.92 Å². The molecule has 1 aromatic heterocycles. The summed E-state index contributed by atoms with van der Waals surface area (Å²) in [5.41, 5.74) is 4.46. The Kier molecular flexibility index (Phi) is 6.26. The zero-order valence-corrected chi connectivity index (χ0v) is 14.8. The lowest BCUT2D eigenvalue weighted by molar-refractivity contribution is -0.116. The minimum Gasteiger partial charge on any atom is -0.326 e. The molecule has 6 heteroatoms. The smallest absolute Gasteiger partial charge is 0.271 e. The van der Waals surface area contributed by atoms with Gasteiger partial charge in [-0.3, -0.25) is 9.59 Å². The van der Waals surface area contributed by atoms with Gasteiger partial charge >= 0.3 is 0 Å². The van der Waals surface area contributed by atoms with E-state index in [2.05, 4.69) is 15.8 Å². The molecule has 0 saturated carbocycles. The molecule has 2 amide bonds. The molecule has 0 fully saturated rings. The Morgan fingerprint density at radius 3 is 2.46 bits per heavy atom. The first kappa shape index (κ1) is 17.9. The van der Waals surface area contributed by atoms with Crippen molar-refractivity contribution in [1.29, 1.82) is 0 Å². The molecule has 0 unspecified atom stereocenters. The van der Waals surface area contributed by atoms with Gasteiger partial charge < -0.3 is 5.32 Å². The van der Waals surface area contributed by atoms with E-state index in [1.807, 2.05) is 38.3 Å². The normalized spacial score (nSPS) is 11.4. The van der Waals surface area contributed by atoms with Crippen LogP contribution in [-0.4, -0.2) is 17.5 Å². The van der Waals surface area contributed by atoms with Gasteiger partial charge in [0.25, 0.3) is 5.91 Å². The second-order valence-corrected chi connectivity index (χ2v) is 6.79. The number of thiophene rings is 1. The van der Waals surface area contributed by atoms with Crippen molar-refractivity contribution < 1.29 is 9.59 Å². The highest BCUT2D eigenvalue weighted by molar-refractivity contribution is 7.12. The van der Waals surface area contributed by atoms with E-state index in [-0.39, 0.29) is 11.8 Å². The molecular weight excluding hydrogens is 322 g/mol. The Morgan fingerprint density at radius 2 is 1.88 bits per heavy atom. The fraction of sp³-hybridized carbons (Fsp3) is 0.278. The summed E-state index contributed by atoms with van der Waals surface area (Å²) in [6.45, 7) is 5.83. The van der Waals surface area contributed by atoms with Crippen molar-refractivity contribution in [1.82, 2.24) is 5.43 Å². The number of nitrogens with zero attached hydrogens (tertiary/aromatic N) is 1. The van der Waals surface area contributed by atoms with Gasteiger partial charge in [-0.1, -0.05) is 19.9 Å². The van der Waals surface area contributed by atoms with Crippen molar-refractivity contribution in [2.45, 2.75) is 27.2 Å². The number of hydrazone groups is 1. The summed E-state index contributed by atoms with van der Waals surface area (Å²) in [4.78, 5) is 24.8. The largest absolute Gasteiger partial charge is 0.326 e. The third-order valence-electron chi connectivity index (χ3n) is 3.23. The fourth-order valence-corrected chi connectivity index (χ4v) is 2.70. The average Bonchev–Trinajstić information content (AvgIpc) is 3.06. The van der Waals surface area contributed by atoms with E-state index in [1.54, 1.807) is 35.6 Å². The lowest BCUT2D eigenvalue weighted by Crippen LogP contribution is -2.19. The quantitative estimate of drug-likeness (QED) is 0.617. The lowest BCUT2D eigenvalue weighted by atomic mass is 10.1. The minimum absolute atomic E-state index is 0.0293. The van der Waals surface area contributed by atoms with Crippen LogP contribution >= 0.6 is 11.3 Å². The van der Waals surface area contributed by atoms with Crippen LogP contribution in [0.5, 0.6) is 0 Å². The summed E-state index contributed by atoms with van der Waals surface area (Å²) < 4.78 is 0. The van der Waals surface area contributed by atoms with Crippen molar-refractivity contribution >= 4 is 34.6 Å². The van der Waals surface area contributed by atoms with Crippen molar-refractivity contribution in [3.05, 3.63) is 52.2 Å². The number of hydrogen-bond acceptors (Lipinski definition) is 4. The van der Waals surface area contributed by atoms with Gasteiger partial charge in [0.15, 0.2) is 0 Å². The molecule has 1 heterocycles. The monoisotopic (exact) mass is 343 g/mol. The first-order valence-corrected chi connectivity index (χ1v) is 8.62. The van der Waals surface area contributed by atoms with Crippen molar-refractivity contribution in [2.75, 3.05) is 5.32 Å². The molecule has 2 aromatic rings. The number of amides is 2. The second-order valence-electron chi connectivity index (χ2n) is 5.84. The summed E-state index contributed by atoms with van der Waals surface area (Å²) in [6, 6.07) is 10.6. The Morgan fingerprint density at radius 1 is 1.17 bits per heavy atom. The minimum atomic E-state index is -0.286. The molecule has 126 valence electrons. The van der Waals surface area contributed by atoms with E-state index < -0.39 is 0 Å². The molecule has 0 atom stereocenters. The van der Waals surface area contributed by atoms with E-state index in [0.717, 1.165) is 10.6 Å². The highest BCUT2D eigenvalue weighted by atomic mass is 32.1. The van der Waals surface area contributed by atoms with Crippen molar-refractivity contribution in [3.63, 3.8) is 0 Å². The maximum Gasteiger partial charge on any atom is 0.271 e. The molecule has 2 rings (SSSR count). The Bertz CT molecular complexity index is 719. The summed E-state index contributed by atoms with van der Waals surface area (Å²) in [7, 11) is 0. The Hall–Kier alpha value is -2.47. The summed E-state index contributed by atoms with van der Waals surface area (Å²) in [5, 5.41) is 8.88. The van der Waals surface area contributed by atoms with E-state index >= 15 is 0 Å². The lowest BCUT2D eigenvalue weighted by Gasteiger charge is -2.08. The molecule has 2 N–H and O–H groups in total. The molecule has 0 saturated heterocycles. The van der Waals surface area contributed by atoms with Gasteiger partial charge in [0.05, 0.1) is 5.71 Å². The van der Waals surface area contributed by atoms with Gasteiger partial charge in [0.2, 0.25) is 5.91 Å². The molecule has 0 aliphatic heterocycles. The van der Waals surface area contributed by atoms with Gasteiger partial charge in [-0.15, -0.1) is 11.3 Å². The van der Waals surface area contributed by atoms with Crippen LogP contribution in [0.4, 0.5) is 5.69 Å². The molecule has 0 spiro atoms. The van der Waals surface area contributed by atoms with Gasteiger partial charge in [0.1, 0.15) is 0 Å². The number of rotatable bonds is 6. The van der Waals surface area contributed by atoms with E-state index in [0.29, 0.717) is 23.6 Å². The summed E-state index contributed by atoms with van der Waals surface area (Å²) in [6.07, 6.45) is 0.471. The highest BCUT2D eigenvalue weighted by Gasteiger charge is 2.08. The average molecular weight is 343 g/mol. The third kappa shape index (κ3) is 5.31. The standard InChI is InChI=1S/C18H21N3O2S/c1-12(2)11-17(22)19-15-8-6-14(7-9-15)18(23)21-20-13(3)16-5-4-10-24-16/h4-10,12H,11H2,1-3H3,(H,19,22)(H,21,23)/b20-13+. The number of anilines is 1. The van der Waals surface area contributed by atoms with E-state index in [1.165, 1.54) is 0 Å². The molecule has 5 nitrogen and oxygen atoms in total. The fourth-order valence-electron chi connectivity index (χ4n) is 2.03. The maximum atomic E-state index is 12.1. The molecule has 24 heavy (non-hydrogen) atoms. The Labute approximate surface area is 145 Å². The van der Waals surface area contributed by atoms with Crippen LogP contribution in [0.2, 0.25) is 0 Å². The highest BCUT2D eigenvalue weighted by Crippen LogP contribution is 2.12. The SMILES string of the molecule is C/C(=N\NC(=O)c1ccc(NC(=O)CC(C)C)cc1)c1cccs1. The van der Waals surface area contributed by atoms with Crippen LogP contribution in [-0.2, 0) is 4.79 Å². The topological polar surface area (TPSA) is 70.6 Å². The second kappa shape index (κ2) is 8.40. The van der Waals surface area contributed by atoms with Gasteiger partial charge in [-0.25, -0.2) is 5.43 Å². The van der Waals surface area contributed by atoms with Crippen molar-refractivity contribution in [2.24, 2.45) is 11.0 Å². The Balaban J connectivity index is 1.94. The van der Waals surface area contributed by atoms with Crippen LogP contribution in [0.1, 0.15) is 42.4 Å². The molecule has 0 aliphatic carbocycles. The predicted molar refractivity (Wildman–Crippen MR) is 98.5 cm³/mol. The van der Waals surface area contributed by atoms with Gasteiger partial charge in [-0.05, 0) is 48.6 Å². The molecule has 0 bridgehead atoms. The number of nitrogens with one attached hydrogen (secondary N) is 2. The van der Waals surface area contributed by atoms with Gasteiger partial charge in [-0.2, -0.15) is 5.10 Å². The van der Waals surface area contributed by atoms with Crippen LogP contribution in [0.15, 0.2) is 46.9 Å². The van der Waals surface area contributed by atoms with Crippen molar-refractivity contribution in [3.8, 4) is 0 Å². The van der Waals surface area contributed by atoms with Crippen LogP contribution < -0.4 is 10.7 Å². The van der Waals surface area contributed by atoms with E-state index in [4.69, 9.17) is 0 Å². The maximum absolute atomic E-state index is 12.1. The first-order chi connectivity index (χ1) is 11.5. The predicted octanol–water partition coefficient (Wildman–Crippen LogP) is 3.89. The van der Waals surface area contributed by atoms with Crippen LogP contribution in [0.3, 0.4) is 0 Å². The summed E-state index contributed by atoms with van der Waals surface area (Å²) >= 11 is 1.57. The summed E-state index contributed by atoms with van der Waals surface area (Å²) in [5.74, 6) is -0.0103. The third-order valence-corrected chi connectivity index (χ3v) is 4.21. The number of hydrogen-bond donors (Lipinski definition) is 2. The van der Waals surface area contributed by atoms with E-state index in [9.17, 15) is 9.59 Å². The number of carbonyl (C=O) groups excluding carboxylic acids is 2. The molecule has 0 radical (unpaired) electrons. The zero-order valence-electron chi connectivity index (χ0n) is 14.0. The molecule has 0 aliphatic rings. The van der Waals surface area contributed by atoms with Crippen LogP contribution in [0.25, 0.3) is 0 Å². The molecule has 1 aromatic carbocycles. The first-order valence-electron chi connectivity index (χ1n) is 7.74. The number of carbonyl (C=O) groups is 2. The van der Waals surface area contributed by atoms with Gasteiger partial charge in [0, 0.05) is 22.5 Å². The zero-order chi connectivity index (χ0) is 17.5. The number of benzene rings is 1.